The van der Waals surface area contributed by atoms with Crippen LogP contribution < -0.4 is 10.6 Å². The number of hydrogen-bond acceptors (Lipinski definition) is 2. The maximum absolute atomic E-state index is 12.2. The first-order valence-corrected chi connectivity index (χ1v) is 6.64. The molecular weight excluding hydrogens is 278 g/mol. The highest BCUT2D eigenvalue weighted by Crippen LogP contribution is 2.05. The van der Waals surface area contributed by atoms with Gasteiger partial charge < -0.3 is 15.6 Å². The molecule has 0 aliphatic carbocycles. The molecule has 2 rings (SSSR count). The van der Waals surface area contributed by atoms with Crippen molar-refractivity contribution in [2.45, 2.75) is 0 Å². The second-order valence-electron chi connectivity index (χ2n) is 4.39. The minimum Gasteiger partial charge on any atom is -0.362 e. The third-order valence-electron chi connectivity index (χ3n) is 2.80. The van der Waals surface area contributed by atoms with Gasteiger partial charge in [-0.2, -0.15) is 0 Å². The molecule has 2 amide bonds. The standard InChI is InChI=1S/C17H15N3O2/c1-2-10-19-17(22)15(12-14-9-6-11-18-14)20-16(21)13-7-4-3-5-8-13/h1,3-9,11-12,18H,10H2,(H,19,22)(H,20,21)/b15-12+. The van der Waals surface area contributed by atoms with Crippen LogP contribution in [-0.2, 0) is 4.79 Å². The summed E-state index contributed by atoms with van der Waals surface area (Å²) in [6.07, 6.45) is 8.40. The second-order valence-corrected chi connectivity index (χ2v) is 4.39. The summed E-state index contributed by atoms with van der Waals surface area (Å²) in [6, 6.07) is 12.2. The summed E-state index contributed by atoms with van der Waals surface area (Å²) < 4.78 is 0. The van der Waals surface area contributed by atoms with Gasteiger partial charge in [0.15, 0.2) is 0 Å². The van der Waals surface area contributed by atoms with Crippen molar-refractivity contribution in [2.24, 2.45) is 0 Å². The van der Waals surface area contributed by atoms with E-state index in [-0.39, 0.29) is 18.1 Å². The number of rotatable bonds is 5. The Morgan fingerprint density at radius 2 is 1.95 bits per heavy atom. The number of nitrogens with one attached hydrogen (secondary N) is 3. The van der Waals surface area contributed by atoms with Crippen LogP contribution in [0.2, 0.25) is 0 Å². The van der Waals surface area contributed by atoms with Crippen LogP contribution in [0.5, 0.6) is 0 Å². The van der Waals surface area contributed by atoms with E-state index in [2.05, 4.69) is 21.5 Å². The Morgan fingerprint density at radius 3 is 2.59 bits per heavy atom. The van der Waals surface area contributed by atoms with E-state index in [1.807, 2.05) is 6.07 Å². The number of carbonyl (C=O) groups is 2. The maximum atomic E-state index is 12.2. The van der Waals surface area contributed by atoms with E-state index in [0.29, 0.717) is 11.3 Å². The number of amides is 2. The summed E-state index contributed by atoms with van der Waals surface area (Å²) in [5, 5.41) is 5.13. The van der Waals surface area contributed by atoms with E-state index in [1.54, 1.807) is 48.7 Å². The SMILES string of the molecule is C#CCNC(=O)/C(=C\c1ccc[nH]1)NC(=O)c1ccccc1. The van der Waals surface area contributed by atoms with Crippen LogP contribution in [0.15, 0.2) is 54.4 Å². The fourth-order valence-corrected chi connectivity index (χ4v) is 1.76. The van der Waals surface area contributed by atoms with Crippen molar-refractivity contribution in [3.05, 3.63) is 65.6 Å². The predicted molar refractivity (Wildman–Crippen MR) is 84.5 cm³/mol. The molecule has 1 aromatic heterocycles. The van der Waals surface area contributed by atoms with Crippen molar-refractivity contribution in [1.82, 2.24) is 15.6 Å². The molecule has 0 aliphatic rings. The monoisotopic (exact) mass is 293 g/mol. The first-order chi connectivity index (χ1) is 10.7. The van der Waals surface area contributed by atoms with Gasteiger partial charge in [0.05, 0.1) is 6.54 Å². The van der Waals surface area contributed by atoms with Gasteiger partial charge in [-0.05, 0) is 30.3 Å². The van der Waals surface area contributed by atoms with E-state index in [0.717, 1.165) is 0 Å². The van der Waals surface area contributed by atoms with E-state index in [4.69, 9.17) is 6.42 Å². The summed E-state index contributed by atoms with van der Waals surface area (Å²) >= 11 is 0. The Bertz CT molecular complexity index is 710. The van der Waals surface area contributed by atoms with Gasteiger partial charge in [-0.15, -0.1) is 6.42 Å². The van der Waals surface area contributed by atoms with Crippen LogP contribution in [0.1, 0.15) is 16.1 Å². The molecule has 5 nitrogen and oxygen atoms in total. The first-order valence-electron chi connectivity index (χ1n) is 6.64. The summed E-state index contributed by atoms with van der Waals surface area (Å²) in [5.74, 6) is 1.50. The normalized spacial score (nSPS) is 10.6. The lowest BCUT2D eigenvalue weighted by molar-refractivity contribution is -0.117. The molecule has 110 valence electrons. The number of carbonyl (C=O) groups excluding carboxylic acids is 2. The number of hydrogen-bond donors (Lipinski definition) is 3. The zero-order chi connectivity index (χ0) is 15.8. The van der Waals surface area contributed by atoms with Crippen molar-refractivity contribution in [2.75, 3.05) is 6.54 Å². The average molecular weight is 293 g/mol. The third-order valence-corrected chi connectivity index (χ3v) is 2.80. The first kappa shape index (κ1) is 15.1. The van der Waals surface area contributed by atoms with Gasteiger partial charge in [-0.1, -0.05) is 24.1 Å². The largest absolute Gasteiger partial charge is 0.362 e. The molecule has 0 fully saturated rings. The molecule has 22 heavy (non-hydrogen) atoms. The minimum absolute atomic E-state index is 0.0854. The fourth-order valence-electron chi connectivity index (χ4n) is 1.76. The van der Waals surface area contributed by atoms with Gasteiger partial charge in [0.1, 0.15) is 5.70 Å². The van der Waals surface area contributed by atoms with Crippen LogP contribution in [0.4, 0.5) is 0 Å². The van der Waals surface area contributed by atoms with Gasteiger partial charge >= 0.3 is 0 Å². The van der Waals surface area contributed by atoms with Crippen LogP contribution in [0, 0.1) is 12.3 Å². The molecule has 0 saturated heterocycles. The molecule has 3 N–H and O–H groups in total. The Kier molecular flexibility index (Phi) is 5.16. The molecule has 0 bridgehead atoms. The van der Waals surface area contributed by atoms with E-state index in [1.165, 1.54) is 0 Å². The van der Waals surface area contributed by atoms with Crippen molar-refractivity contribution in [3.8, 4) is 12.3 Å². The van der Waals surface area contributed by atoms with Gasteiger partial charge in [-0.3, -0.25) is 9.59 Å². The van der Waals surface area contributed by atoms with Crippen LogP contribution in [0.25, 0.3) is 6.08 Å². The Balaban J connectivity index is 2.20. The molecule has 0 spiro atoms. The molecular formula is C17H15N3O2. The van der Waals surface area contributed by atoms with Gasteiger partial charge in [-0.25, -0.2) is 0 Å². The average Bonchev–Trinajstić information content (AvgIpc) is 3.05. The van der Waals surface area contributed by atoms with Crippen molar-refractivity contribution >= 4 is 17.9 Å². The summed E-state index contributed by atoms with van der Waals surface area (Å²) in [6.45, 7) is 0.0854. The lowest BCUT2D eigenvalue weighted by Gasteiger charge is -2.09. The van der Waals surface area contributed by atoms with Crippen LogP contribution in [-0.4, -0.2) is 23.3 Å². The number of H-pyrrole nitrogens is 1. The highest BCUT2D eigenvalue weighted by Gasteiger charge is 2.14. The van der Waals surface area contributed by atoms with Gasteiger partial charge in [0, 0.05) is 17.5 Å². The zero-order valence-corrected chi connectivity index (χ0v) is 11.8. The third kappa shape index (κ3) is 4.12. The van der Waals surface area contributed by atoms with Crippen molar-refractivity contribution < 1.29 is 9.59 Å². The Morgan fingerprint density at radius 1 is 1.18 bits per heavy atom. The number of aromatic nitrogens is 1. The molecule has 0 unspecified atom stereocenters. The highest BCUT2D eigenvalue weighted by molar-refractivity contribution is 6.05. The van der Waals surface area contributed by atoms with Crippen LogP contribution >= 0.6 is 0 Å². The number of aromatic amines is 1. The van der Waals surface area contributed by atoms with E-state index < -0.39 is 5.91 Å². The molecule has 5 heteroatoms. The van der Waals surface area contributed by atoms with Crippen LogP contribution in [0.3, 0.4) is 0 Å². The summed E-state index contributed by atoms with van der Waals surface area (Å²) in [5.41, 5.74) is 1.27. The Hall–Kier alpha value is -3.26. The molecule has 1 heterocycles. The van der Waals surface area contributed by atoms with Gasteiger partial charge in [0.2, 0.25) is 0 Å². The van der Waals surface area contributed by atoms with E-state index in [9.17, 15) is 9.59 Å². The molecule has 0 saturated carbocycles. The summed E-state index contributed by atoms with van der Waals surface area (Å²) in [7, 11) is 0. The predicted octanol–water partition coefficient (Wildman–Crippen LogP) is 1.53. The molecule has 2 aromatic rings. The van der Waals surface area contributed by atoms with Crippen molar-refractivity contribution in [1.29, 1.82) is 0 Å². The lowest BCUT2D eigenvalue weighted by atomic mass is 10.2. The topological polar surface area (TPSA) is 74.0 Å². The summed E-state index contributed by atoms with van der Waals surface area (Å²) in [4.78, 5) is 27.2. The lowest BCUT2D eigenvalue weighted by Crippen LogP contribution is -2.35. The fraction of sp³-hybridized carbons (Fsp3) is 0.0588. The Labute approximate surface area is 128 Å². The zero-order valence-electron chi connectivity index (χ0n) is 11.8. The molecule has 0 aliphatic heterocycles. The maximum Gasteiger partial charge on any atom is 0.268 e. The van der Waals surface area contributed by atoms with Gasteiger partial charge in [0.25, 0.3) is 11.8 Å². The second kappa shape index (κ2) is 7.50. The number of terminal acetylenes is 1. The molecule has 0 radical (unpaired) electrons. The highest BCUT2D eigenvalue weighted by atomic mass is 16.2. The molecule has 1 aromatic carbocycles. The van der Waals surface area contributed by atoms with E-state index >= 15 is 0 Å². The number of benzene rings is 1. The minimum atomic E-state index is -0.447. The quantitative estimate of drug-likeness (QED) is 0.578. The molecule has 0 atom stereocenters. The smallest absolute Gasteiger partial charge is 0.268 e. The van der Waals surface area contributed by atoms with Crippen molar-refractivity contribution in [3.63, 3.8) is 0 Å².